The van der Waals surface area contributed by atoms with Gasteiger partial charge in [0, 0.05) is 0 Å². The van der Waals surface area contributed by atoms with Crippen molar-refractivity contribution in [2.75, 3.05) is 6.07 Å². The third-order valence-corrected chi connectivity index (χ3v) is 1.10. The van der Waals surface area contributed by atoms with E-state index in [1.165, 1.54) is 0 Å². The van der Waals surface area contributed by atoms with Crippen LogP contribution in [0.15, 0.2) is 0 Å². The van der Waals surface area contributed by atoms with Crippen LogP contribution in [0.5, 0.6) is 0 Å². The maximum Gasteiger partial charge on any atom is 0.323 e. The smallest absolute Gasteiger partial charge is 0.323 e. The lowest BCUT2D eigenvalue weighted by Gasteiger charge is -2.12. The third-order valence-electron chi connectivity index (χ3n) is 0.671. The van der Waals surface area contributed by atoms with Crippen LogP contribution in [0.4, 0.5) is 0 Å². The molecule has 0 unspecified atom stereocenters. The minimum absolute atomic E-state index is 0.0894. The number of alkyl halides is 2. The Morgan fingerprint density at radius 3 is 2.33 bits per heavy atom. The normalized spacial score (nSPS) is 11.1. The third kappa shape index (κ3) is 3.76. The highest BCUT2D eigenvalue weighted by Crippen LogP contribution is 2.17. The summed E-state index contributed by atoms with van der Waals surface area (Å²) in [4.78, 5) is 10.7. The van der Waals surface area contributed by atoms with E-state index in [-0.39, 0.29) is 12.0 Å². The van der Waals surface area contributed by atoms with Crippen LogP contribution in [0.25, 0.3) is 0 Å². The van der Waals surface area contributed by atoms with E-state index in [9.17, 15) is 4.79 Å². The summed E-state index contributed by atoms with van der Waals surface area (Å²) in [7, 11) is 0. The van der Waals surface area contributed by atoms with E-state index in [1.54, 1.807) is 13.8 Å². The Morgan fingerprint density at radius 1 is 1.78 bits per heavy atom. The summed E-state index contributed by atoms with van der Waals surface area (Å²) in [6.45, 7) is 3.39. The van der Waals surface area contributed by atoms with Gasteiger partial charge in [-0.15, -0.1) is 0 Å². The highest BCUT2D eigenvalue weighted by molar-refractivity contribution is 9.10. The van der Waals surface area contributed by atoms with Crippen LogP contribution in [-0.2, 0) is 9.53 Å². The van der Waals surface area contributed by atoms with E-state index in [4.69, 9.17) is 11.6 Å². The molecule has 0 aromatic heterocycles. The van der Waals surface area contributed by atoms with Gasteiger partial charge >= 0.3 is 5.97 Å². The average molecular weight is 215 g/mol. The van der Waals surface area contributed by atoms with E-state index in [2.05, 4.69) is 20.7 Å². The molecular weight excluding hydrogens is 207 g/mol. The first-order valence-corrected chi connectivity index (χ1v) is 3.73. The molecule has 0 saturated heterocycles. The van der Waals surface area contributed by atoms with E-state index < -0.39 is 4.32 Å². The molecule has 0 heterocycles. The number of hydrogen-bond donors (Lipinski definition) is 0. The van der Waals surface area contributed by atoms with Gasteiger partial charge in [0.05, 0.1) is 0 Å². The van der Waals surface area contributed by atoms with Crippen LogP contribution >= 0.6 is 27.5 Å². The predicted molar refractivity (Wildman–Crippen MR) is 39.8 cm³/mol. The molecule has 4 heteroatoms. The van der Waals surface area contributed by atoms with Gasteiger partial charge in [0.1, 0.15) is 4.32 Å². The monoisotopic (exact) mass is 214 g/mol. The van der Waals surface area contributed by atoms with E-state index in [1.807, 2.05) is 0 Å². The van der Waals surface area contributed by atoms with Gasteiger partial charge in [0.15, 0.2) is 6.07 Å². The van der Waals surface area contributed by atoms with Crippen molar-refractivity contribution in [1.82, 2.24) is 0 Å². The molecule has 0 bridgehead atoms. The molecule has 0 spiro atoms. The van der Waals surface area contributed by atoms with Gasteiger partial charge in [-0.05, 0) is 13.8 Å². The van der Waals surface area contributed by atoms with Crippen molar-refractivity contribution >= 4 is 33.5 Å². The predicted octanol–water partition coefficient (Wildman–Crippen LogP) is 1.90. The van der Waals surface area contributed by atoms with Crippen LogP contribution < -0.4 is 0 Å². The molecule has 0 aliphatic rings. The molecule has 0 radical (unpaired) electrons. The summed E-state index contributed by atoms with van der Waals surface area (Å²) in [5.41, 5.74) is 0. The zero-order valence-corrected chi connectivity index (χ0v) is 7.62. The lowest BCUT2D eigenvalue weighted by Crippen LogP contribution is -2.25. The summed E-state index contributed by atoms with van der Waals surface area (Å²) >= 11 is 8.25. The second-order valence-electron chi connectivity index (χ2n) is 2.01. The molecule has 0 N–H and O–H groups in total. The molecule has 0 amide bonds. The molecule has 0 aromatic rings. The summed E-state index contributed by atoms with van der Waals surface area (Å²) in [6.07, 6.45) is 0. The van der Waals surface area contributed by atoms with Crippen molar-refractivity contribution in [3.05, 3.63) is 0 Å². The first-order valence-electron chi connectivity index (χ1n) is 2.40. The molecule has 54 valence electrons. The van der Waals surface area contributed by atoms with Gasteiger partial charge in [0.25, 0.3) is 0 Å². The standard InChI is InChI=1S/C5H8BrClO2/c1-5(2,6)4(8)9-3-7/h3H2,1-2H3. The summed E-state index contributed by atoms with van der Waals surface area (Å²) < 4.78 is 3.86. The molecule has 2 nitrogen and oxygen atoms in total. The summed E-state index contributed by atoms with van der Waals surface area (Å²) in [5.74, 6) is -0.350. The Kier molecular flexibility index (Phi) is 3.51. The number of esters is 1. The molecule has 0 aromatic carbocycles. The number of halogens is 2. The Labute approximate surface area is 67.6 Å². The van der Waals surface area contributed by atoms with Gasteiger partial charge in [-0.2, -0.15) is 0 Å². The fraction of sp³-hybridized carbons (Fsp3) is 0.800. The molecule has 9 heavy (non-hydrogen) atoms. The largest absolute Gasteiger partial charge is 0.448 e. The minimum atomic E-state index is -0.623. The van der Waals surface area contributed by atoms with Crippen LogP contribution in [0, 0.1) is 0 Å². The van der Waals surface area contributed by atoms with Gasteiger partial charge in [-0.1, -0.05) is 27.5 Å². The van der Waals surface area contributed by atoms with Crippen LogP contribution in [0.2, 0.25) is 0 Å². The Balaban J connectivity index is 3.74. The van der Waals surface area contributed by atoms with Crippen LogP contribution in [0.1, 0.15) is 13.8 Å². The highest BCUT2D eigenvalue weighted by Gasteiger charge is 2.24. The minimum Gasteiger partial charge on any atom is -0.448 e. The van der Waals surface area contributed by atoms with E-state index in [0.29, 0.717) is 0 Å². The van der Waals surface area contributed by atoms with Gasteiger partial charge < -0.3 is 4.74 Å². The summed E-state index contributed by atoms with van der Waals surface area (Å²) in [6, 6.07) is -0.0894. The molecule has 0 aliphatic heterocycles. The number of carbonyl (C=O) groups excluding carboxylic acids is 1. The number of ether oxygens (including phenoxy) is 1. The first kappa shape index (κ1) is 9.24. The van der Waals surface area contributed by atoms with Gasteiger partial charge in [-0.25, -0.2) is 0 Å². The number of carbonyl (C=O) groups is 1. The van der Waals surface area contributed by atoms with Crippen molar-refractivity contribution in [1.29, 1.82) is 0 Å². The Bertz CT molecular complexity index is 108. The topological polar surface area (TPSA) is 26.3 Å². The molecule has 0 fully saturated rings. The van der Waals surface area contributed by atoms with Crippen molar-refractivity contribution in [3.8, 4) is 0 Å². The second-order valence-corrected chi connectivity index (χ2v) is 4.21. The van der Waals surface area contributed by atoms with Gasteiger partial charge in [0.2, 0.25) is 0 Å². The summed E-state index contributed by atoms with van der Waals surface area (Å²) in [5, 5.41) is 0. The second kappa shape index (κ2) is 3.42. The maximum absolute atomic E-state index is 10.7. The average Bonchev–Trinajstić information content (AvgIpc) is 1.64. The molecule has 0 saturated carbocycles. The highest BCUT2D eigenvalue weighted by atomic mass is 79.9. The van der Waals surface area contributed by atoms with Crippen molar-refractivity contribution < 1.29 is 9.53 Å². The van der Waals surface area contributed by atoms with E-state index >= 15 is 0 Å². The lowest BCUT2D eigenvalue weighted by atomic mass is 10.2. The Hall–Kier alpha value is 0.240. The first-order chi connectivity index (χ1) is 3.98. The molecule has 0 atom stereocenters. The van der Waals surface area contributed by atoms with Crippen molar-refractivity contribution in [2.24, 2.45) is 0 Å². The zero-order chi connectivity index (χ0) is 7.49. The van der Waals surface area contributed by atoms with Crippen LogP contribution in [0.3, 0.4) is 0 Å². The SMILES string of the molecule is CC(C)(Br)C(=O)OCCl. The maximum atomic E-state index is 10.7. The van der Waals surface area contributed by atoms with Crippen molar-refractivity contribution in [2.45, 2.75) is 18.2 Å². The molecular formula is C5H8BrClO2. The quantitative estimate of drug-likeness (QED) is 0.519. The van der Waals surface area contributed by atoms with Gasteiger partial charge in [-0.3, -0.25) is 4.79 Å². The van der Waals surface area contributed by atoms with Crippen molar-refractivity contribution in [3.63, 3.8) is 0 Å². The lowest BCUT2D eigenvalue weighted by molar-refractivity contribution is -0.143. The van der Waals surface area contributed by atoms with E-state index in [0.717, 1.165) is 0 Å². The zero-order valence-electron chi connectivity index (χ0n) is 5.28. The molecule has 0 rings (SSSR count). The molecule has 0 aliphatic carbocycles. The number of rotatable bonds is 2. The fourth-order valence-electron chi connectivity index (χ4n) is 0.221. The van der Waals surface area contributed by atoms with Crippen LogP contribution in [-0.4, -0.2) is 16.4 Å². The fourth-order valence-corrected chi connectivity index (χ4v) is 0.435. The number of hydrogen-bond acceptors (Lipinski definition) is 2. The Morgan fingerprint density at radius 2 is 2.22 bits per heavy atom.